The number of guanidine groups is 1. The maximum atomic E-state index is 13.2. The number of nitrogens with zero attached hydrogens (tertiary/aromatic N) is 2. The summed E-state index contributed by atoms with van der Waals surface area (Å²) in [5.41, 5.74) is 0.963. The predicted octanol–water partition coefficient (Wildman–Crippen LogP) is 3.44. The van der Waals surface area contributed by atoms with Gasteiger partial charge in [-0.15, -0.1) is 24.0 Å². The maximum absolute atomic E-state index is 13.2. The first kappa shape index (κ1) is 22.4. The van der Waals surface area contributed by atoms with Crippen LogP contribution >= 0.6 is 24.0 Å². The van der Waals surface area contributed by atoms with Gasteiger partial charge in [0.1, 0.15) is 11.6 Å². The molecule has 1 aromatic carbocycles. The van der Waals surface area contributed by atoms with Crippen LogP contribution in [-0.2, 0) is 6.42 Å². The van der Waals surface area contributed by atoms with E-state index in [1.54, 1.807) is 18.4 Å². The molecule has 0 aliphatic rings. The van der Waals surface area contributed by atoms with E-state index in [0.717, 1.165) is 30.2 Å². The number of benzene rings is 1. The van der Waals surface area contributed by atoms with Crippen LogP contribution in [0.4, 0.5) is 4.39 Å². The zero-order valence-electron chi connectivity index (χ0n) is 15.5. The molecule has 2 rings (SSSR count). The summed E-state index contributed by atoms with van der Waals surface area (Å²) in [5, 5.41) is 6.53. The second kappa shape index (κ2) is 11.9. The Kier molecular flexibility index (Phi) is 10.3. The highest BCUT2D eigenvalue weighted by atomic mass is 127. The number of furan rings is 1. The Morgan fingerprint density at radius 3 is 2.65 bits per heavy atom. The molecule has 0 aliphatic carbocycles. The molecule has 1 unspecified atom stereocenters. The van der Waals surface area contributed by atoms with Crippen molar-refractivity contribution in [2.45, 2.75) is 19.4 Å². The molecule has 26 heavy (non-hydrogen) atoms. The van der Waals surface area contributed by atoms with Gasteiger partial charge in [0, 0.05) is 13.1 Å². The molecule has 5 nitrogen and oxygen atoms in total. The molecule has 1 atom stereocenters. The largest absolute Gasteiger partial charge is 0.468 e. The summed E-state index contributed by atoms with van der Waals surface area (Å²) in [5.74, 6) is 1.44. The SMILES string of the molecule is CCNC(=NCC(c1ccco1)N(C)C)NCCc1cccc(F)c1.I. The Morgan fingerprint density at radius 1 is 1.23 bits per heavy atom. The van der Waals surface area contributed by atoms with Crippen LogP contribution in [0, 0.1) is 5.82 Å². The van der Waals surface area contributed by atoms with Crippen LogP contribution in [0.25, 0.3) is 0 Å². The van der Waals surface area contributed by atoms with Crippen molar-refractivity contribution in [2.24, 2.45) is 4.99 Å². The number of rotatable bonds is 8. The number of hydrogen-bond donors (Lipinski definition) is 2. The van der Waals surface area contributed by atoms with Gasteiger partial charge in [-0.1, -0.05) is 12.1 Å². The van der Waals surface area contributed by atoms with Gasteiger partial charge in [-0.25, -0.2) is 4.39 Å². The lowest BCUT2D eigenvalue weighted by Crippen LogP contribution is -2.39. The number of halogens is 2. The van der Waals surface area contributed by atoms with Crippen LogP contribution < -0.4 is 10.6 Å². The van der Waals surface area contributed by atoms with Gasteiger partial charge >= 0.3 is 0 Å². The summed E-state index contributed by atoms with van der Waals surface area (Å²) in [4.78, 5) is 6.74. The fourth-order valence-corrected chi connectivity index (χ4v) is 2.53. The molecule has 144 valence electrons. The zero-order chi connectivity index (χ0) is 18.1. The molecule has 0 bridgehead atoms. The minimum atomic E-state index is -0.203. The Balaban J connectivity index is 0.00000338. The molecule has 0 saturated carbocycles. The van der Waals surface area contributed by atoms with Gasteiger partial charge in [-0.3, -0.25) is 9.89 Å². The van der Waals surface area contributed by atoms with Crippen molar-refractivity contribution in [3.8, 4) is 0 Å². The first-order valence-electron chi connectivity index (χ1n) is 8.56. The standard InChI is InChI=1S/C19H27FN4O.HI/c1-4-21-19(22-11-10-15-7-5-8-16(20)13-15)23-14-17(24(2)3)18-9-6-12-25-18;/h5-9,12-13,17H,4,10-11,14H2,1-3H3,(H2,21,22,23);1H. The normalized spacial score (nSPS) is 12.6. The first-order chi connectivity index (χ1) is 12.1. The fraction of sp³-hybridized carbons (Fsp3) is 0.421. The van der Waals surface area contributed by atoms with Crippen molar-refractivity contribution in [3.63, 3.8) is 0 Å². The second-order valence-electron chi connectivity index (χ2n) is 6.02. The summed E-state index contributed by atoms with van der Waals surface area (Å²) in [6.07, 6.45) is 2.41. The van der Waals surface area contributed by atoms with Gasteiger partial charge in [0.15, 0.2) is 5.96 Å². The minimum Gasteiger partial charge on any atom is -0.468 e. The van der Waals surface area contributed by atoms with E-state index < -0.39 is 0 Å². The number of aliphatic imine (C=N–C) groups is 1. The predicted molar refractivity (Wildman–Crippen MR) is 115 cm³/mol. The van der Waals surface area contributed by atoms with Gasteiger partial charge in [-0.05, 0) is 57.3 Å². The summed E-state index contributed by atoms with van der Waals surface area (Å²) in [7, 11) is 4.01. The van der Waals surface area contributed by atoms with Crippen LogP contribution in [0.3, 0.4) is 0 Å². The summed E-state index contributed by atoms with van der Waals surface area (Å²) >= 11 is 0. The molecule has 0 spiro atoms. The summed E-state index contributed by atoms with van der Waals surface area (Å²) in [6.45, 7) is 4.07. The van der Waals surface area contributed by atoms with Gasteiger partial charge < -0.3 is 15.1 Å². The average molecular weight is 474 g/mol. The van der Waals surface area contributed by atoms with E-state index in [-0.39, 0.29) is 35.8 Å². The zero-order valence-corrected chi connectivity index (χ0v) is 17.9. The fourth-order valence-electron chi connectivity index (χ4n) is 2.53. The van der Waals surface area contributed by atoms with E-state index in [0.29, 0.717) is 13.1 Å². The quantitative estimate of drug-likeness (QED) is 0.350. The van der Waals surface area contributed by atoms with Gasteiger partial charge in [-0.2, -0.15) is 0 Å². The molecule has 1 heterocycles. The molecule has 2 N–H and O–H groups in total. The molecule has 1 aromatic heterocycles. The molecule has 0 aliphatic heterocycles. The second-order valence-corrected chi connectivity index (χ2v) is 6.02. The molecule has 0 radical (unpaired) electrons. The lowest BCUT2D eigenvalue weighted by Gasteiger charge is -2.21. The monoisotopic (exact) mass is 474 g/mol. The third-order valence-electron chi connectivity index (χ3n) is 3.86. The van der Waals surface area contributed by atoms with Crippen molar-refractivity contribution >= 4 is 29.9 Å². The molecule has 0 amide bonds. The van der Waals surface area contributed by atoms with E-state index in [1.165, 1.54) is 6.07 Å². The van der Waals surface area contributed by atoms with Gasteiger partial charge in [0.05, 0.1) is 18.8 Å². The molecule has 2 aromatic rings. The van der Waals surface area contributed by atoms with Crippen molar-refractivity contribution in [1.29, 1.82) is 0 Å². The Hall–Kier alpha value is -1.61. The smallest absolute Gasteiger partial charge is 0.191 e. The molecule has 0 saturated heterocycles. The summed E-state index contributed by atoms with van der Waals surface area (Å²) < 4.78 is 18.7. The van der Waals surface area contributed by atoms with Crippen LogP contribution in [0.1, 0.15) is 24.3 Å². The lowest BCUT2D eigenvalue weighted by atomic mass is 10.1. The Bertz CT molecular complexity index is 661. The first-order valence-corrected chi connectivity index (χ1v) is 8.56. The van der Waals surface area contributed by atoms with E-state index in [2.05, 4.69) is 20.5 Å². The highest BCUT2D eigenvalue weighted by molar-refractivity contribution is 14.0. The molecule has 0 fully saturated rings. The van der Waals surface area contributed by atoms with E-state index >= 15 is 0 Å². The van der Waals surface area contributed by atoms with Crippen molar-refractivity contribution in [3.05, 3.63) is 59.8 Å². The van der Waals surface area contributed by atoms with E-state index in [1.807, 2.05) is 39.2 Å². The molecule has 7 heteroatoms. The van der Waals surface area contributed by atoms with E-state index in [4.69, 9.17) is 4.42 Å². The number of hydrogen-bond acceptors (Lipinski definition) is 3. The maximum Gasteiger partial charge on any atom is 0.191 e. The number of likely N-dealkylation sites (N-methyl/N-ethyl adjacent to an activating group) is 1. The number of nitrogens with one attached hydrogen (secondary N) is 2. The third kappa shape index (κ3) is 7.33. The highest BCUT2D eigenvalue weighted by Gasteiger charge is 2.16. The van der Waals surface area contributed by atoms with Crippen LogP contribution in [0.5, 0.6) is 0 Å². The van der Waals surface area contributed by atoms with Crippen LogP contribution in [0.2, 0.25) is 0 Å². The van der Waals surface area contributed by atoms with E-state index in [9.17, 15) is 4.39 Å². The Morgan fingerprint density at radius 2 is 2.04 bits per heavy atom. The topological polar surface area (TPSA) is 52.8 Å². The molecular weight excluding hydrogens is 446 g/mol. The van der Waals surface area contributed by atoms with Gasteiger partial charge in [0.2, 0.25) is 0 Å². The van der Waals surface area contributed by atoms with Gasteiger partial charge in [0.25, 0.3) is 0 Å². The highest BCUT2D eigenvalue weighted by Crippen LogP contribution is 2.18. The van der Waals surface area contributed by atoms with Crippen molar-refractivity contribution in [1.82, 2.24) is 15.5 Å². The lowest BCUT2D eigenvalue weighted by molar-refractivity contribution is 0.265. The Labute approximate surface area is 172 Å². The average Bonchev–Trinajstić information content (AvgIpc) is 3.09. The third-order valence-corrected chi connectivity index (χ3v) is 3.86. The molecular formula is C19H28FIN4O. The van der Waals surface area contributed by atoms with Crippen LogP contribution in [-0.4, -0.2) is 44.6 Å². The summed E-state index contributed by atoms with van der Waals surface area (Å²) in [6, 6.07) is 10.6. The van der Waals surface area contributed by atoms with Crippen LogP contribution in [0.15, 0.2) is 52.1 Å². The van der Waals surface area contributed by atoms with Crippen molar-refractivity contribution in [2.75, 3.05) is 33.7 Å². The van der Waals surface area contributed by atoms with Crippen molar-refractivity contribution < 1.29 is 8.81 Å². The minimum absolute atomic E-state index is 0.